The molecular formula is C24H26N4O2. The van der Waals surface area contributed by atoms with Gasteiger partial charge in [0.15, 0.2) is 5.82 Å². The molecule has 0 aliphatic carbocycles. The first-order valence-electron chi connectivity index (χ1n) is 10.2. The summed E-state index contributed by atoms with van der Waals surface area (Å²) in [6, 6.07) is 19.9. The van der Waals surface area contributed by atoms with Crippen molar-refractivity contribution in [1.82, 2.24) is 15.1 Å². The molecule has 1 fully saturated rings. The molecule has 1 aliphatic rings. The van der Waals surface area contributed by atoms with Crippen LogP contribution in [0.5, 0.6) is 5.75 Å². The minimum absolute atomic E-state index is 0.125. The van der Waals surface area contributed by atoms with Crippen molar-refractivity contribution in [3.63, 3.8) is 0 Å². The standard InChI is InChI=1S/C24H26N4O2/c1-18-7-3-5-9-20(18)21-11-12-23(26-25-21)27-13-15-28(16-14-27)24(29)17-19-8-4-6-10-22(19)30-2/h3-12H,13-17H2,1-2H3. The average molecular weight is 402 g/mol. The van der Waals surface area contributed by atoms with Crippen molar-refractivity contribution in [3.05, 3.63) is 71.8 Å². The summed E-state index contributed by atoms with van der Waals surface area (Å²) in [6.07, 6.45) is 0.356. The monoisotopic (exact) mass is 402 g/mol. The number of hydrogen-bond acceptors (Lipinski definition) is 5. The fourth-order valence-electron chi connectivity index (χ4n) is 3.81. The largest absolute Gasteiger partial charge is 0.496 e. The van der Waals surface area contributed by atoms with Gasteiger partial charge in [0.1, 0.15) is 5.75 Å². The first kappa shape index (κ1) is 19.9. The number of ether oxygens (including phenoxy) is 1. The van der Waals surface area contributed by atoms with E-state index in [1.807, 2.05) is 53.4 Å². The van der Waals surface area contributed by atoms with Crippen LogP contribution in [0.4, 0.5) is 5.82 Å². The molecule has 0 radical (unpaired) electrons. The van der Waals surface area contributed by atoms with Crippen LogP contribution in [0.2, 0.25) is 0 Å². The van der Waals surface area contributed by atoms with Crippen LogP contribution < -0.4 is 9.64 Å². The molecule has 1 saturated heterocycles. The number of nitrogens with zero attached hydrogens (tertiary/aromatic N) is 4. The number of para-hydroxylation sites is 1. The van der Waals surface area contributed by atoms with E-state index < -0.39 is 0 Å². The fourth-order valence-corrected chi connectivity index (χ4v) is 3.81. The Kier molecular flexibility index (Phi) is 5.93. The number of hydrogen-bond donors (Lipinski definition) is 0. The predicted molar refractivity (Wildman–Crippen MR) is 118 cm³/mol. The molecule has 154 valence electrons. The van der Waals surface area contributed by atoms with Crippen molar-refractivity contribution in [2.75, 3.05) is 38.2 Å². The van der Waals surface area contributed by atoms with E-state index in [0.29, 0.717) is 19.5 Å². The minimum Gasteiger partial charge on any atom is -0.496 e. The van der Waals surface area contributed by atoms with Crippen molar-refractivity contribution in [2.24, 2.45) is 0 Å². The molecule has 0 unspecified atom stereocenters. The normalized spacial score (nSPS) is 13.9. The van der Waals surface area contributed by atoms with Crippen molar-refractivity contribution in [2.45, 2.75) is 13.3 Å². The average Bonchev–Trinajstić information content (AvgIpc) is 2.80. The summed E-state index contributed by atoms with van der Waals surface area (Å²) in [4.78, 5) is 16.8. The Hall–Kier alpha value is -3.41. The Morgan fingerprint density at radius 3 is 2.37 bits per heavy atom. The molecular weight excluding hydrogens is 376 g/mol. The minimum atomic E-state index is 0.125. The van der Waals surface area contributed by atoms with Crippen LogP contribution in [-0.4, -0.2) is 54.3 Å². The lowest BCUT2D eigenvalue weighted by Crippen LogP contribution is -2.49. The lowest BCUT2D eigenvalue weighted by Gasteiger charge is -2.35. The van der Waals surface area contributed by atoms with Gasteiger partial charge in [0.2, 0.25) is 5.91 Å². The van der Waals surface area contributed by atoms with E-state index in [9.17, 15) is 4.79 Å². The maximum absolute atomic E-state index is 12.7. The molecule has 0 N–H and O–H groups in total. The van der Waals surface area contributed by atoms with Gasteiger partial charge in [-0.15, -0.1) is 10.2 Å². The molecule has 1 aromatic heterocycles. The van der Waals surface area contributed by atoms with Crippen LogP contribution in [0.1, 0.15) is 11.1 Å². The first-order valence-corrected chi connectivity index (χ1v) is 10.2. The number of amides is 1. The van der Waals surface area contributed by atoms with Gasteiger partial charge in [0, 0.05) is 37.3 Å². The van der Waals surface area contributed by atoms with Crippen LogP contribution in [0, 0.1) is 6.92 Å². The van der Waals surface area contributed by atoms with Gasteiger partial charge in [-0.3, -0.25) is 4.79 Å². The van der Waals surface area contributed by atoms with Crippen molar-refractivity contribution < 1.29 is 9.53 Å². The van der Waals surface area contributed by atoms with E-state index in [1.54, 1.807) is 7.11 Å². The smallest absolute Gasteiger partial charge is 0.227 e. The first-order chi connectivity index (χ1) is 14.7. The third-order valence-electron chi connectivity index (χ3n) is 5.56. The summed E-state index contributed by atoms with van der Waals surface area (Å²) >= 11 is 0. The molecule has 1 amide bonds. The number of rotatable bonds is 5. The van der Waals surface area contributed by atoms with Gasteiger partial charge in [-0.25, -0.2) is 0 Å². The highest BCUT2D eigenvalue weighted by Gasteiger charge is 2.23. The Balaban J connectivity index is 1.36. The van der Waals surface area contributed by atoms with E-state index in [-0.39, 0.29) is 5.91 Å². The number of carbonyl (C=O) groups is 1. The number of methoxy groups -OCH3 is 1. The molecule has 3 aromatic rings. The molecule has 0 saturated carbocycles. The molecule has 1 aliphatic heterocycles. The van der Waals surface area contributed by atoms with E-state index in [0.717, 1.165) is 41.5 Å². The summed E-state index contributed by atoms with van der Waals surface area (Å²) < 4.78 is 5.36. The van der Waals surface area contributed by atoms with Crippen molar-refractivity contribution in [1.29, 1.82) is 0 Å². The maximum Gasteiger partial charge on any atom is 0.227 e. The zero-order valence-electron chi connectivity index (χ0n) is 17.4. The predicted octanol–water partition coefficient (Wildman–Crippen LogP) is 3.35. The maximum atomic E-state index is 12.7. The number of anilines is 1. The number of carbonyl (C=O) groups excluding carboxylic acids is 1. The molecule has 2 heterocycles. The molecule has 2 aromatic carbocycles. The number of benzene rings is 2. The zero-order chi connectivity index (χ0) is 20.9. The zero-order valence-corrected chi connectivity index (χ0v) is 17.4. The second-order valence-electron chi connectivity index (χ2n) is 7.45. The van der Waals surface area contributed by atoms with E-state index >= 15 is 0 Å². The highest BCUT2D eigenvalue weighted by molar-refractivity contribution is 5.79. The molecule has 6 nitrogen and oxygen atoms in total. The SMILES string of the molecule is COc1ccccc1CC(=O)N1CCN(c2ccc(-c3ccccc3C)nn2)CC1. The van der Waals surface area contributed by atoms with E-state index in [4.69, 9.17) is 4.74 Å². The van der Waals surface area contributed by atoms with Crippen molar-refractivity contribution in [3.8, 4) is 17.0 Å². The van der Waals surface area contributed by atoms with Crippen molar-refractivity contribution >= 4 is 11.7 Å². The van der Waals surface area contributed by atoms with Gasteiger partial charge in [-0.05, 0) is 30.7 Å². The van der Waals surface area contributed by atoms with E-state index in [1.165, 1.54) is 5.56 Å². The van der Waals surface area contributed by atoms with E-state index in [2.05, 4.69) is 34.2 Å². The Morgan fingerprint density at radius 1 is 0.933 bits per heavy atom. The van der Waals surface area contributed by atoms with Gasteiger partial charge in [-0.2, -0.15) is 0 Å². The Morgan fingerprint density at radius 2 is 1.67 bits per heavy atom. The molecule has 0 spiro atoms. The van der Waals surface area contributed by atoms with Gasteiger partial charge in [0.25, 0.3) is 0 Å². The highest BCUT2D eigenvalue weighted by Crippen LogP contribution is 2.23. The summed E-state index contributed by atoms with van der Waals surface area (Å²) in [5.74, 6) is 1.73. The number of piperazine rings is 1. The summed E-state index contributed by atoms with van der Waals surface area (Å²) in [6.45, 7) is 4.92. The highest BCUT2D eigenvalue weighted by atomic mass is 16.5. The summed E-state index contributed by atoms with van der Waals surface area (Å²) in [7, 11) is 1.63. The Bertz CT molecular complexity index is 1010. The number of aromatic nitrogens is 2. The van der Waals surface area contributed by atoms with Crippen LogP contribution in [0.3, 0.4) is 0 Å². The Labute approximate surface area is 177 Å². The quantitative estimate of drug-likeness (QED) is 0.655. The topological polar surface area (TPSA) is 58.6 Å². The van der Waals surface area contributed by atoms with Crippen LogP contribution >= 0.6 is 0 Å². The van der Waals surface area contributed by atoms with Gasteiger partial charge < -0.3 is 14.5 Å². The van der Waals surface area contributed by atoms with Crippen LogP contribution in [-0.2, 0) is 11.2 Å². The lowest BCUT2D eigenvalue weighted by atomic mass is 10.1. The summed E-state index contributed by atoms with van der Waals surface area (Å²) in [5, 5.41) is 8.86. The fraction of sp³-hybridized carbons (Fsp3) is 0.292. The third-order valence-corrected chi connectivity index (χ3v) is 5.56. The molecule has 4 rings (SSSR count). The second-order valence-corrected chi connectivity index (χ2v) is 7.45. The summed E-state index contributed by atoms with van der Waals surface area (Å²) in [5.41, 5.74) is 4.08. The van der Waals surface area contributed by atoms with Gasteiger partial charge in [0.05, 0.1) is 19.2 Å². The lowest BCUT2D eigenvalue weighted by molar-refractivity contribution is -0.130. The second kappa shape index (κ2) is 8.95. The molecule has 0 atom stereocenters. The molecule has 0 bridgehead atoms. The van der Waals surface area contributed by atoms with Crippen LogP contribution in [0.15, 0.2) is 60.7 Å². The third kappa shape index (κ3) is 4.27. The van der Waals surface area contributed by atoms with Crippen LogP contribution in [0.25, 0.3) is 11.3 Å². The van der Waals surface area contributed by atoms with Gasteiger partial charge in [-0.1, -0.05) is 42.5 Å². The van der Waals surface area contributed by atoms with Gasteiger partial charge >= 0.3 is 0 Å². The number of aryl methyl sites for hydroxylation is 1. The molecule has 6 heteroatoms. The molecule has 30 heavy (non-hydrogen) atoms.